The predicted molar refractivity (Wildman–Crippen MR) is 73.0 cm³/mol. The Morgan fingerprint density at radius 1 is 1.11 bits per heavy atom. The molecule has 0 bridgehead atoms. The first-order valence-electron chi connectivity index (χ1n) is 5.88. The van der Waals surface area contributed by atoms with Crippen LogP contribution in [0.1, 0.15) is 24.1 Å². The largest absolute Gasteiger partial charge is 0.508 e. The highest BCUT2D eigenvalue weighted by Gasteiger charge is 2.10. The van der Waals surface area contributed by atoms with Gasteiger partial charge in [-0.2, -0.15) is 5.26 Å². The molecule has 0 aliphatic carbocycles. The van der Waals surface area contributed by atoms with Crippen LogP contribution < -0.4 is 5.32 Å². The number of benzene rings is 2. The molecule has 0 aliphatic heterocycles. The Balaban J connectivity index is 2.16. The molecule has 1 atom stereocenters. The maximum absolute atomic E-state index is 9.78. The third-order valence-corrected chi connectivity index (χ3v) is 2.88. The van der Waals surface area contributed by atoms with Gasteiger partial charge in [-0.05, 0) is 43.3 Å². The van der Waals surface area contributed by atoms with Crippen molar-refractivity contribution in [2.24, 2.45) is 0 Å². The van der Waals surface area contributed by atoms with Gasteiger partial charge in [0.25, 0.3) is 0 Å². The minimum atomic E-state index is -0.117. The van der Waals surface area contributed by atoms with Crippen LogP contribution in [0.5, 0.6) is 11.5 Å². The summed E-state index contributed by atoms with van der Waals surface area (Å²) in [7, 11) is 0. The zero-order chi connectivity index (χ0) is 13.8. The quantitative estimate of drug-likeness (QED) is 0.786. The predicted octanol–water partition coefficient (Wildman–Crippen LogP) is 3.14. The lowest BCUT2D eigenvalue weighted by atomic mass is 10.1. The SMILES string of the molecule is CC(Nc1ccc(C#N)cc1)c1ccc(O)cc1O. The Labute approximate surface area is 111 Å². The van der Waals surface area contributed by atoms with Gasteiger partial charge in [-0.3, -0.25) is 0 Å². The van der Waals surface area contributed by atoms with E-state index in [0.717, 1.165) is 5.69 Å². The van der Waals surface area contributed by atoms with Gasteiger partial charge in [-0.15, -0.1) is 0 Å². The molecule has 0 aliphatic rings. The van der Waals surface area contributed by atoms with Crippen LogP contribution in [-0.4, -0.2) is 10.2 Å². The first kappa shape index (κ1) is 12.8. The highest BCUT2D eigenvalue weighted by atomic mass is 16.3. The lowest BCUT2D eigenvalue weighted by Gasteiger charge is -2.17. The third-order valence-electron chi connectivity index (χ3n) is 2.88. The van der Waals surface area contributed by atoms with Gasteiger partial charge in [-0.1, -0.05) is 0 Å². The lowest BCUT2D eigenvalue weighted by molar-refractivity contribution is 0.444. The van der Waals surface area contributed by atoms with Crippen LogP contribution >= 0.6 is 0 Å². The standard InChI is InChI=1S/C15H14N2O2/c1-10(14-7-6-13(18)8-15(14)19)17-12-4-2-11(9-16)3-5-12/h2-8,10,17-19H,1H3. The smallest absolute Gasteiger partial charge is 0.124 e. The second-order valence-electron chi connectivity index (χ2n) is 4.30. The van der Waals surface area contributed by atoms with Gasteiger partial charge in [0, 0.05) is 17.3 Å². The van der Waals surface area contributed by atoms with Gasteiger partial charge >= 0.3 is 0 Å². The fourth-order valence-corrected chi connectivity index (χ4v) is 1.87. The first-order chi connectivity index (χ1) is 9.10. The van der Waals surface area contributed by atoms with Crippen LogP contribution in [0.2, 0.25) is 0 Å². The fraction of sp³-hybridized carbons (Fsp3) is 0.133. The number of phenolic OH excluding ortho intramolecular Hbond substituents is 2. The van der Waals surface area contributed by atoms with Gasteiger partial charge in [-0.25, -0.2) is 0 Å². The minimum absolute atomic E-state index is 0.0341. The summed E-state index contributed by atoms with van der Waals surface area (Å²) < 4.78 is 0. The van der Waals surface area contributed by atoms with Crippen molar-refractivity contribution >= 4 is 5.69 Å². The molecule has 0 aromatic heterocycles. The third kappa shape index (κ3) is 2.96. The monoisotopic (exact) mass is 254 g/mol. The number of nitriles is 1. The van der Waals surface area contributed by atoms with Gasteiger partial charge in [0.15, 0.2) is 0 Å². The molecule has 0 heterocycles. The van der Waals surface area contributed by atoms with Crippen molar-refractivity contribution in [3.63, 3.8) is 0 Å². The number of rotatable bonds is 3. The molecule has 0 saturated heterocycles. The van der Waals surface area contributed by atoms with Crippen LogP contribution in [0.3, 0.4) is 0 Å². The molecule has 96 valence electrons. The zero-order valence-electron chi connectivity index (χ0n) is 10.5. The van der Waals surface area contributed by atoms with E-state index >= 15 is 0 Å². The molecule has 3 N–H and O–H groups in total. The summed E-state index contributed by atoms with van der Waals surface area (Å²) in [6.45, 7) is 1.91. The van der Waals surface area contributed by atoms with E-state index < -0.39 is 0 Å². The average molecular weight is 254 g/mol. The van der Waals surface area contributed by atoms with Crippen LogP contribution in [0.15, 0.2) is 42.5 Å². The van der Waals surface area contributed by atoms with Crippen molar-refractivity contribution in [2.45, 2.75) is 13.0 Å². The molecule has 1 unspecified atom stereocenters. The molecule has 0 saturated carbocycles. The van der Waals surface area contributed by atoms with Crippen molar-refractivity contribution in [3.8, 4) is 17.6 Å². The molecule has 0 radical (unpaired) electrons. The van der Waals surface area contributed by atoms with Crippen molar-refractivity contribution in [3.05, 3.63) is 53.6 Å². The van der Waals surface area contributed by atoms with Crippen LogP contribution in [0.25, 0.3) is 0 Å². The molecule has 2 rings (SSSR count). The summed E-state index contributed by atoms with van der Waals surface area (Å²) >= 11 is 0. The maximum atomic E-state index is 9.78. The zero-order valence-corrected chi connectivity index (χ0v) is 10.5. The number of nitrogens with one attached hydrogen (secondary N) is 1. The molecule has 0 amide bonds. The Morgan fingerprint density at radius 2 is 1.79 bits per heavy atom. The van der Waals surface area contributed by atoms with Gasteiger partial charge in [0.2, 0.25) is 0 Å². The summed E-state index contributed by atoms with van der Waals surface area (Å²) in [4.78, 5) is 0. The number of anilines is 1. The molecule has 4 nitrogen and oxygen atoms in total. The molecule has 0 fully saturated rings. The van der Waals surface area contributed by atoms with Gasteiger partial charge in [0.05, 0.1) is 17.7 Å². The van der Waals surface area contributed by atoms with Crippen molar-refractivity contribution in [1.82, 2.24) is 0 Å². The summed E-state index contributed by atoms with van der Waals surface area (Å²) in [6, 6.07) is 13.5. The second kappa shape index (κ2) is 5.32. The number of hydrogen-bond donors (Lipinski definition) is 3. The molecule has 19 heavy (non-hydrogen) atoms. The van der Waals surface area contributed by atoms with E-state index in [1.165, 1.54) is 12.1 Å². The Hall–Kier alpha value is -2.67. The minimum Gasteiger partial charge on any atom is -0.508 e. The highest BCUT2D eigenvalue weighted by molar-refractivity contribution is 5.50. The lowest BCUT2D eigenvalue weighted by Crippen LogP contribution is -2.06. The van der Waals surface area contributed by atoms with E-state index in [4.69, 9.17) is 5.26 Å². The van der Waals surface area contributed by atoms with Crippen molar-refractivity contribution in [1.29, 1.82) is 5.26 Å². The van der Waals surface area contributed by atoms with E-state index in [9.17, 15) is 10.2 Å². The summed E-state index contributed by atoms with van der Waals surface area (Å²) in [6.07, 6.45) is 0. The average Bonchev–Trinajstić information content (AvgIpc) is 2.39. The van der Waals surface area contributed by atoms with Crippen LogP contribution in [-0.2, 0) is 0 Å². The molecule has 0 spiro atoms. The molecular weight excluding hydrogens is 240 g/mol. The van der Waals surface area contributed by atoms with Gasteiger partial charge < -0.3 is 15.5 Å². The topological polar surface area (TPSA) is 76.3 Å². The maximum Gasteiger partial charge on any atom is 0.124 e. The van der Waals surface area contributed by atoms with E-state index in [0.29, 0.717) is 11.1 Å². The van der Waals surface area contributed by atoms with E-state index in [2.05, 4.69) is 11.4 Å². The highest BCUT2D eigenvalue weighted by Crippen LogP contribution is 2.29. The van der Waals surface area contributed by atoms with E-state index in [-0.39, 0.29) is 17.5 Å². The Bertz CT molecular complexity index is 615. The van der Waals surface area contributed by atoms with Crippen molar-refractivity contribution in [2.75, 3.05) is 5.32 Å². The number of nitrogens with zero attached hydrogens (tertiary/aromatic N) is 1. The number of aromatic hydroxyl groups is 2. The normalized spacial score (nSPS) is 11.6. The molecule has 4 heteroatoms. The van der Waals surface area contributed by atoms with E-state index in [1.807, 2.05) is 19.1 Å². The number of phenols is 2. The molecule has 2 aromatic rings. The van der Waals surface area contributed by atoms with Gasteiger partial charge in [0.1, 0.15) is 11.5 Å². The first-order valence-corrected chi connectivity index (χ1v) is 5.88. The summed E-state index contributed by atoms with van der Waals surface area (Å²) in [5, 5.41) is 31.0. The van der Waals surface area contributed by atoms with E-state index in [1.54, 1.807) is 18.2 Å². The fourth-order valence-electron chi connectivity index (χ4n) is 1.87. The van der Waals surface area contributed by atoms with Crippen LogP contribution in [0, 0.1) is 11.3 Å². The van der Waals surface area contributed by atoms with Crippen molar-refractivity contribution < 1.29 is 10.2 Å². The summed E-state index contributed by atoms with van der Waals surface area (Å²) in [5.74, 6) is 0.0838. The second-order valence-corrected chi connectivity index (χ2v) is 4.30. The molecule has 2 aromatic carbocycles. The summed E-state index contributed by atoms with van der Waals surface area (Å²) in [5.41, 5.74) is 2.16. The Morgan fingerprint density at radius 3 is 2.37 bits per heavy atom. The van der Waals surface area contributed by atoms with Crippen LogP contribution in [0.4, 0.5) is 5.69 Å². The number of hydrogen-bond acceptors (Lipinski definition) is 4. The molecular formula is C15H14N2O2. The Kier molecular flexibility index (Phi) is 3.58.